The highest BCUT2D eigenvalue weighted by Gasteiger charge is 2.09. The maximum atomic E-state index is 8.82. The van der Waals surface area contributed by atoms with Crippen LogP contribution in [0.4, 0.5) is 0 Å². The molecular weight excluding hydrogens is 278 g/mol. The second-order valence-electron chi connectivity index (χ2n) is 4.72. The van der Waals surface area contributed by atoms with E-state index in [4.69, 9.17) is 10.2 Å². The number of imidazole rings is 1. The summed E-state index contributed by atoms with van der Waals surface area (Å²) in [5.41, 5.74) is 4.13. The summed E-state index contributed by atoms with van der Waals surface area (Å²) in [4.78, 5) is 4.71. The summed E-state index contributed by atoms with van der Waals surface area (Å²) in [6.45, 7) is 3.05. The summed E-state index contributed by atoms with van der Waals surface area (Å²) in [6.07, 6.45) is 0. The van der Waals surface area contributed by atoms with E-state index in [1.165, 1.54) is 11.1 Å². The number of nitriles is 1. The van der Waals surface area contributed by atoms with E-state index < -0.39 is 0 Å². The first-order valence-corrected chi connectivity index (χ1v) is 7.87. The molecule has 1 aromatic heterocycles. The molecule has 3 nitrogen and oxygen atoms in total. The van der Waals surface area contributed by atoms with E-state index in [0.717, 1.165) is 23.0 Å². The van der Waals surface area contributed by atoms with Crippen molar-refractivity contribution in [3.05, 3.63) is 59.7 Å². The third-order valence-corrected chi connectivity index (χ3v) is 4.43. The first-order chi connectivity index (χ1) is 10.3. The van der Waals surface area contributed by atoms with Gasteiger partial charge in [0, 0.05) is 12.3 Å². The average Bonchev–Trinajstić information content (AvgIpc) is 2.91. The lowest BCUT2D eigenvalue weighted by molar-refractivity contribution is 0.702. The lowest BCUT2D eigenvalue weighted by Crippen LogP contribution is -1.96. The zero-order chi connectivity index (χ0) is 14.7. The lowest BCUT2D eigenvalue weighted by atomic mass is 10.2. The van der Waals surface area contributed by atoms with Gasteiger partial charge in [0.05, 0.1) is 22.7 Å². The van der Waals surface area contributed by atoms with Gasteiger partial charge in [0.1, 0.15) is 0 Å². The second kappa shape index (κ2) is 6.02. The van der Waals surface area contributed by atoms with Crippen molar-refractivity contribution in [2.75, 3.05) is 0 Å². The van der Waals surface area contributed by atoms with Gasteiger partial charge in [0.15, 0.2) is 5.16 Å². The third-order valence-electron chi connectivity index (χ3n) is 3.39. The molecule has 0 N–H and O–H groups in total. The average molecular weight is 293 g/mol. The molecule has 3 aromatic rings. The summed E-state index contributed by atoms with van der Waals surface area (Å²) in [7, 11) is 0. The van der Waals surface area contributed by atoms with Gasteiger partial charge in [-0.3, -0.25) is 0 Å². The summed E-state index contributed by atoms with van der Waals surface area (Å²) >= 11 is 1.73. The molecule has 2 aromatic carbocycles. The van der Waals surface area contributed by atoms with Gasteiger partial charge in [-0.1, -0.05) is 36.0 Å². The normalized spacial score (nSPS) is 10.7. The van der Waals surface area contributed by atoms with Crippen LogP contribution in [-0.4, -0.2) is 9.55 Å². The maximum Gasteiger partial charge on any atom is 0.169 e. The molecular formula is C17H15N3S. The van der Waals surface area contributed by atoms with Crippen LogP contribution in [0.5, 0.6) is 0 Å². The van der Waals surface area contributed by atoms with Crippen molar-refractivity contribution in [3.8, 4) is 6.07 Å². The Morgan fingerprint density at radius 3 is 2.62 bits per heavy atom. The van der Waals surface area contributed by atoms with Gasteiger partial charge in [-0.2, -0.15) is 5.26 Å². The molecule has 0 spiro atoms. The number of benzene rings is 2. The smallest absolute Gasteiger partial charge is 0.169 e. The van der Waals surface area contributed by atoms with E-state index >= 15 is 0 Å². The van der Waals surface area contributed by atoms with Crippen molar-refractivity contribution in [1.82, 2.24) is 9.55 Å². The van der Waals surface area contributed by atoms with E-state index in [1.807, 2.05) is 42.5 Å². The molecule has 3 rings (SSSR count). The quantitative estimate of drug-likeness (QED) is 0.676. The minimum Gasteiger partial charge on any atom is -0.319 e. The van der Waals surface area contributed by atoms with Crippen molar-refractivity contribution >= 4 is 22.8 Å². The van der Waals surface area contributed by atoms with Gasteiger partial charge >= 0.3 is 0 Å². The molecule has 0 bridgehead atoms. The number of aromatic nitrogens is 2. The molecule has 0 atom stereocenters. The van der Waals surface area contributed by atoms with E-state index in [9.17, 15) is 0 Å². The predicted octanol–water partition coefficient (Wildman–Crippen LogP) is 4.22. The standard InChI is InChI=1S/C17H15N3S/c1-2-20-16-6-4-3-5-15(16)19-17(20)21-12-14-9-7-13(11-18)8-10-14/h3-10H,2,12H2,1H3. The van der Waals surface area contributed by atoms with E-state index in [0.29, 0.717) is 5.56 Å². The predicted molar refractivity (Wildman–Crippen MR) is 86.1 cm³/mol. The maximum absolute atomic E-state index is 8.82. The number of para-hydroxylation sites is 2. The molecule has 104 valence electrons. The number of thioether (sulfide) groups is 1. The van der Waals surface area contributed by atoms with Crippen LogP contribution < -0.4 is 0 Å². The number of hydrogen-bond acceptors (Lipinski definition) is 3. The molecule has 0 fully saturated rings. The van der Waals surface area contributed by atoms with Crippen molar-refractivity contribution in [2.45, 2.75) is 24.4 Å². The number of rotatable bonds is 4. The van der Waals surface area contributed by atoms with E-state index in [2.05, 4.69) is 23.6 Å². The Balaban J connectivity index is 1.82. The minimum absolute atomic E-state index is 0.699. The molecule has 0 aliphatic heterocycles. The molecule has 0 amide bonds. The van der Waals surface area contributed by atoms with Gasteiger partial charge in [-0.25, -0.2) is 4.98 Å². The molecule has 0 radical (unpaired) electrons. The van der Waals surface area contributed by atoms with Crippen LogP contribution in [0.15, 0.2) is 53.7 Å². The number of aryl methyl sites for hydroxylation is 1. The van der Waals surface area contributed by atoms with Gasteiger partial charge < -0.3 is 4.57 Å². The topological polar surface area (TPSA) is 41.6 Å². The first-order valence-electron chi connectivity index (χ1n) is 6.89. The van der Waals surface area contributed by atoms with Crippen LogP contribution in [0, 0.1) is 11.3 Å². The zero-order valence-corrected chi connectivity index (χ0v) is 12.6. The highest BCUT2D eigenvalue weighted by Crippen LogP contribution is 2.26. The Labute approximate surface area is 128 Å². The molecule has 0 unspecified atom stereocenters. The largest absolute Gasteiger partial charge is 0.319 e. The van der Waals surface area contributed by atoms with Crippen LogP contribution >= 0.6 is 11.8 Å². The van der Waals surface area contributed by atoms with Crippen LogP contribution in [0.3, 0.4) is 0 Å². The first kappa shape index (κ1) is 13.7. The molecule has 21 heavy (non-hydrogen) atoms. The molecule has 0 saturated carbocycles. The van der Waals surface area contributed by atoms with Crippen LogP contribution in [0.1, 0.15) is 18.1 Å². The summed E-state index contributed by atoms with van der Waals surface area (Å²) in [6, 6.07) is 18.1. The number of fused-ring (bicyclic) bond motifs is 1. The number of hydrogen-bond donors (Lipinski definition) is 0. The lowest BCUT2D eigenvalue weighted by Gasteiger charge is -2.05. The van der Waals surface area contributed by atoms with Crippen molar-refractivity contribution in [3.63, 3.8) is 0 Å². The van der Waals surface area contributed by atoms with Gasteiger partial charge in [-0.15, -0.1) is 0 Å². The Morgan fingerprint density at radius 2 is 1.90 bits per heavy atom. The molecule has 1 heterocycles. The third kappa shape index (κ3) is 2.79. The fourth-order valence-electron chi connectivity index (χ4n) is 2.29. The summed E-state index contributed by atoms with van der Waals surface area (Å²) in [5, 5.41) is 9.86. The monoisotopic (exact) mass is 293 g/mol. The van der Waals surface area contributed by atoms with Gasteiger partial charge in [0.25, 0.3) is 0 Å². The summed E-state index contributed by atoms with van der Waals surface area (Å²) < 4.78 is 2.24. The Hall–Kier alpha value is -2.25. The minimum atomic E-state index is 0.699. The van der Waals surface area contributed by atoms with Crippen LogP contribution in [0.2, 0.25) is 0 Å². The zero-order valence-electron chi connectivity index (χ0n) is 11.8. The summed E-state index contributed by atoms with van der Waals surface area (Å²) in [5.74, 6) is 0.856. The van der Waals surface area contributed by atoms with E-state index in [1.54, 1.807) is 11.8 Å². The molecule has 0 saturated heterocycles. The molecule has 0 aliphatic rings. The highest BCUT2D eigenvalue weighted by molar-refractivity contribution is 7.98. The van der Waals surface area contributed by atoms with Crippen molar-refractivity contribution in [1.29, 1.82) is 5.26 Å². The Morgan fingerprint density at radius 1 is 1.14 bits per heavy atom. The second-order valence-corrected chi connectivity index (χ2v) is 5.67. The van der Waals surface area contributed by atoms with Crippen molar-refractivity contribution in [2.24, 2.45) is 0 Å². The molecule has 0 aliphatic carbocycles. The van der Waals surface area contributed by atoms with Crippen molar-refractivity contribution < 1.29 is 0 Å². The molecule has 4 heteroatoms. The van der Waals surface area contributed by atoms with Gasteiger partial charge in [-0.05, 0) is 36.8 Å². The van der Waals surface area contributed by atoms with Gasteiger partial charge in [0.2, 0.25) is 0 Å². The number of nitrogens with zero attached hydrogens (tertiary/aromatic N) is 3. The fraction of sp³-hybridized carbons (Fsp3) is 0.176. The fourth-order valence-corrected chi connectivity index (χ4v) is 3.33. The van der Waals surface area contributed by atoms with E-state index in [-0.39, 0.29) is 0 Å². The van der Waals surface area contributed by atoms with Crippen LogP contribution in [0.25, 0.3) is 11.0 Å². The Bertz CT molecular complexity index is 797. The van der Waals surface area contributed by atoms with Crippen LogP contribution in [-0.2, 0) is 12.3 Å². The SMILES string of the molecule is CCn1c(SCc2ccc(C#N)cc2)nc2ccccc21. The highest BCUT2D eigenvalue weighted by atomic mass is 32.2. The Kier molecular flexibility index (Phi) is 3.94.